The van der Waals surface area contributed by atoms with Crippen LogP contribution in [0.5, 0.6) is 0 Å². The Morgan fingerprint density at radius 3 is 2.42 bits per heavy atom. The monoisotopic (exact) mass is 439 g/mol. The van der Waals surface area contributed by atoms with E-state index >= 15 is 0 Å². The molecule has 3 N–H and O–H groups in total. The average molecular weight is 440 g/mol. The number of benzene rings is 2. The Hall–Kier alpha value is -2.81. The molecular weight excluding hydrogens is 410 g/mol. The van der Waals surface area contributed by atoms with Crippen molar-refractivity contribution in [2.75, 3.05) is 31.3 Å². The molecule has 2 amide bonds. The number of nitrogens with zero attached hydrogens (tertiary/aromatic N) is 3. The molecule has 0 aliphatic carbocycles. The van der Waals surface area contributed by atoms with E-state index in [1.807, 2.05) is 43.3 Å². The summed E-state index contributed by atoms with van der Waals surface area (Å²) < 4.78 is 1.61. The van der Waals surface area contributed by atoms with Crippen LogP contribution in [0.15, 0.2) is 64.6 Å². The summed E-state index contributed by atoms with van der Waals surface area (Å²) in [6.45, 7) is 5.12. The molecule has 0 aliphatic heterocycles. The molecule has 0 fully saturated rings. The quantitative estimate of drug-likeness (QED) is 0.490. The Labute approximate surface area is 187 Å². The number of rotatable bonds is 8. The van der Waals surface area contributed by atoms with E-state index in [0.29, 0.717) is 24.5 Å². The van der Waals surface area contributed by atoms with Gasteiger partial charge >= 0.3 is 6.03 Å². The average Bonchev–Trinajstić information content (AvgIpc) is 3.12. The van der Waals surface area contributed by atoms with Gasteiger partial charge in [-0.15, -0.1) is 0 Å². The van der Waals surface area contributed by atoms with Crippen molar-refractivity contribution in [3.63, 3.8) is 0 Å². The Balaban J connectivity index is 1.51. The zero-order chi connectivity index (χ0) is 22.4. The summed E-state index contributed by atoms with van der Waals surface area (Å²) in [7, 11) is 3.80. The minimum Gasteiger partial charge on any atom is -0.390 e. The molecule has 0 spiro atoms. The van der Waals surface area contributed by atoms with E-state index in [4.69, 9.17) is 0 Å². The van der Waals surface area contributed by atoms with Crippen LogP contribution in [0.4, 0.5) is 16.2 Å². The lowest BCUT2D eigenvalue weighted by Crippen LogP contribution is -2.29. The molecule has 3 rings (SSSR count). The zero-order valence-corrected chi connectivity index (χ0v) is 19.1. The minimum absolute atomic E-state index is 0.344. The van der Waals surface area contributed by atoms with Gasteiger partial charge in [0, 0.05) is 28.2 Å². The van der Waals surface area contributed by atoms with Gasteiger partial charge in [-0.05, 0) is 75.5 Å². The van der Waals surface area contributed by atoms with Gasteiger partial charge in [-0.3, -0.25) is 4.68 Å². The summed E-state index contributed by atoms with van der Waals surface area (Å²) in [5.41, 5.74) is 3.83. The van der Waals surface area contributed by atoms with Crippen LogP contribution >= 0.6 is 11.8 Å². The lowest BCUT2D eigenvalue weighted by Gasteiger charge is -2.15. The smallest absolute Gasteiger partial charge is 0.323 e. The van der Waals surface area contributed by atoms with E-state index < -0.39 is 6.10 Å². The number of likely N-dealkylation sites (N-methyl/N-ethyl adjacent to an activating group) is 1. The standard InChI is InChI=1S/C23H29N5O2S/c1-16-5-8-22(11-17(16)2)31-21-9-6-18(7-10-21)25-23(30)26-19-12-24-28(13-19)15-20(29)14-27(3)4/h5-13,20,29H,14-15H2,1-4H3,(H2,25,26,30). The SMILES string of the molecule is Cc1ccc(Sc2ccc(NC(=O)Nc3cnn(CC(O)CN(C)C)c3)cc2)cc1C. The van der Waals surface area contributed by atoms with Crippen molar-refractivity contribution in [2.45, 2.75) is 36.3 Å². The molecule has 7 nitrogen and oxygen atoms in total. The molecule has 0 bridgehead atoms. The lowest BCUT2D eigenvalue weighted by molar-refractivity contribution is 0.116. The van der Waals surface area contributed by atoms with Gasteiger partial charge in [-0.1, -0.05) is 17.8 Å². The maximum Gasteiger partial charge on any atom is 0.323 e. The number of hydrogen-bond donors (Lipinski definition) is 3. The second-order valence-electron chi connectivity index (χ2n) is 7.82. The maximum atomic E-state index is 12.3. The molecule has 0 aliphatic rings. The molecule has 3 aromatic rings. The normalized spacial score (nSPS) is 12.1. The fourth-order valence-corrected chi connectivity index (χ4v) is 3.95. The molecule has 2 aromatic carbocycles. The van der Waals surface area contributed by atoms with Crippen molar-refractivity contribution < 1.29 is 9.90 Å². The fourth-order valence-electron chi connectivity index (χ4n) is 3.04. The zero-order valence-electron chi connectivity index (χ0n) is 18.3. The lowest BCUT2D eigenvalue weighted by atomic mass is 10.1. The number of amides is 2. The first-order valence-corrected chi connectivity index (χ1v) is 10.9. The highest BCUT2D eigenvalue weighted by molar-refractivity contribution is 7.99. The summed E-state index contributed by atoms with van der Waals surface area (Å²) in [6, 6.07) is 13.8. The van der Waals surface area contributed by atoms with Gasteiger partial charge in [-0.25, -0.2) is 4.79 Å². The van der Waals surface area contributed by atoms with Crippen LogP contribution < -0.4 is 10.6 Å². The number of hydrogen-bond acceptors (Lipinski definition) is 5. The topological polar surface area (TPSA) is 82.4 Å². The van der Waals surface area contributed by atoms with E-state index in [1.54, 1.807) is 28.8 Å². The first-order chi connectivity index (χ1) is 14.8. The minimum atomic E-state index is -0.531. The Bertz CT molecular complexity index is 1020. The highest BCUT2D eigenvalue weighted by Crippen LogP contribution is 2.29. The summed E-state index contributed by atoms with van der Waals surface area (Å²) in [5.74, 6) is 0. The van der Waals surface area contributed by atoms with Crippen molar-refractivity contribution in [1.82, 2.24) is 14.7 Å². The summed E-state index contributed by atoms with van der Waals surface area (Å²) in [5, 5.41) is 19.8. The number of urea groups is 1. The third kappa shape index (κ3) is 7.13. The van der Waals surface area contributed by atoms with Gasteiger partial charge in [-0.2, -0.15) is 5.10 Å². The number of anilines is 2. The van der Waals surface area contributed by atoms with E-state index in [2.05, 4.69) is 47.8 Å². The third-order valence-corrected chi connectivity index (χ3v) is 5.69. The molecule has 1 heterocycles. The number of aliphatic hydroxyl groups excluding tert-OH is 1. The summed E-state index contributed by atoms with van der Waals surface area (Å²) in [6.07, 6.45) is 2.73. The van der Waals surface area contributed by atoms with Crippen LogP contribution in [0, 0.1) is 13.8 Å². The van der Waals surface area contributed by atoms with Crippen LogP contribution in [0.3, 0.4) is 0 Å². The molecule has 0 radical (unpaired) electrons. The number of nitrogens with one attached hydrogen (secondary N) is 2. The molecule has 164 valence electrons. The highest BCUT2D eigenvalue weighted by atomic mass is 32.2. The highest BCUT2D eigenvalue weighted by Gasteiger charge is 2.10. The summed E-state index contributed by atoms with van der Waals surface area (Å²) >= 11 is 1.69. The Kier molecular flexibility index (Phi) is 7.73. The van der Waals surface area contributed by atoms with Crippen LogP contribution in [-0.2, 0) is 6.54 Å². The third-order valence-electron chi connectivity index (χ3n) is 4.69. The van der Waals surface area contributed by atoms with Gasteiger partial charge < -0.3 is 20.6 Å². The number of carbonyl (C=O) groups excluding carboxylic acids is 1. The van der Waals surface area contributed by atoms with Gasteiger partial charge in [0.15, 0.2) is 0 Å². The Morgan fingerprint density at radius 2 is 1.74 bits per heavy atom. The maximum absolute atomic E-state index is 12.3. The van der Waals surface area contributed by atoms with Crippen LogP contribution in [0.1, 0.15) is 11.1 Å². The molecule has 31 heavy (non-hydrogen) atoms. The second kappa shape index (κ2) is 10.5. The van der Waals surface area contributed by atoms with Gasteiger partial charge in [0.25, 0.3) is 0 Å². The molecule has 0 saturated heterocycles. The van der Waals surface area contributed by atoms with E-state index in [9.17, 15) is 9.90 Å². The van der Waals surface area contributed by atoms with E-state index in [0.717, 1.165) is 4.90 Å². The first kappa shape index (κ1) is 22.9. The number of aromatic nitrogens is 2. The number of aryl methyl sites for hydroxylation is 2. The van der Waals surface area contributed by atoms with Crippen LogP contribution in [0.25, 0.3) is 0 Å². The van der Waals surface area contributed by atoms with E-state index in [1.165, 1.54) is 16.0 Å². The molecule has 0 saturated carbocycles. The second-order valence-corrected chi connectivity index (χ2v) is 8.97. The van der Waals surface area contributed by atoms with E-state index in [-0.39, 0.29) is 6.03 Å². The largest absolute Gasteiger partial charge is 0.390 e. The van der Waals surface area contributed by atoms with Crippen LogP contribution in [0.2, 0.25) is 0 Å². The van der Waals surface area contributed by atoms with Crippen LogP contribution in [-0.4, -0.2) is 52.6 Å². The van der Waals surface area contributed by atoms with Crippen molar-refractivity contribution in [2.24, 2.45) is 0 Å². The van der Waals surface area contributed by atoms with Crippen molar-refractivity contribution in [3.05, 3.63) is 66.0 Å². The Morgan fingerprint density at radius 1 is 1.06 bits per heavy atom. The van der Waals surface area contributed by atoms with Crippen molar-refractivity contribution in [1.29, 1.82) is 0 Å². The molecule has 8 heteroatoms. The predicted molar refractivity (Wildman–Crippen MR) is 126 cm³/mol. The molecular formula is C23H29N5O2S. The van der Waals surface area contributed by atoms with Gasteiger partial charge in [0.05, 0.1) is 24.5 Å². The van der Waals surface area contributed by atoms with Crippen molar-refractivity contribution in [3.8, 4) is 0 Å². The predicted octanol–water partition coefficient (Wildman–Crippen LogP) is 4.22. The van der Waals surface area contributed by atoms with Gasteiger partial charge in [0.1, 0.15) is 0 Å². The summed E-state index contributed by atoms with van der Waals surface area (Å²) in [4.78, 5) is 16.5. The number of carbonyl (C=O) groups is 1. The number of aliphatic hydroxyl groups is 1. The fraction of sp³-hybridized carbons (Fsp3) is 0.304. The first-order valence-electron chi connectivity index (χ1n) is 10.1. The van der Waals surface area contributed by atoms with Crippen molar-refractivity contribution >= 4 is 29.2 Å². The van der Waals surface area contributed by atoms with Gasteiger partial charge in [0.2, 0.25) is 0 Å². The molecule has 1 unspecified atom stereocenters. The molecule has 1 atom stereocenters. The molecule has 1 aromatic heterocycles.